The number of fused-ring (bicyclic) bond motifs is 1. The lowest BCUT2D eigenvalue weighted by atomic mass is 10.1. The van der Waals surface area contributed by atoms with E-state index in [1.807, 2.05) is 0 Å². The van der Waals surface area contributed by atoms with Gasteiger partial charge in [-0.05, 0) is 11.6 Å². The second-order valence-corrected chi connectivity index (χ2v) is 6.73. The number of nitrogens with zero attached hydrogens (tertiary/aromatic N) is 2. The van der Waals surface area contributed by atoms with E-state index in [0.717, 1.165) is 17.6 Å². The highest BCUT2D eigenvalue weighted by Gasteiger charge is 2.15. The molecule has 2 aromatic carbocycles. The van der Waals surface area contributed by atoms with Crippen LogP contribution in [0.15, 0.2) is 60.8 Å². The van der Waals surface area contributed by atoms with Gasteiger partial charge in [-0.2, -0.15) is 0 Å². The second kappa shape index (κ2) is 6.84. The third kappa shape index (κ3) is 3.90. The number of hydrogen-bond acceptors (Lipinski definition) is 0. The molecule has 116 valence electrons. The van der Waals surface area contributed by atoms with Crippen molar-refractivity contribution in [3.05, 3.63) is 71.9 Å². The van der Waals surface area contributed by atoms with Gasteiger partial charge in [-0.3, -0.25) is 0 Å². The van der Waals surface area contributed by atoms with Gasteiger partial charge in [0, 0.05) is 29.2 Å². The van der Waals surface area contributed by atoms with Crippen LogP contribution in [0.4, 0.5) is 0 Å². The first-order chi connectivity index (χ1) is 10.0. The zero-order chi connectivity index (χ0) is 14.9. The quantitative estimate of drug-likeness (QED) is 0.448. The molecule has 1 aromatic heterocycles. The van der Waals surface area contributed by atoms with Gasteiger partial charge in [-0.15, -0.1) is 0 Å². The molecule has 1 heterocycles. The highest BCUT2D eigenvalue weighted by molar-refractivity contribution is 5.83. The molecule has 0 saturated carbocycles. The maximum absolute atomic E-state index is 2.37. The Hall–Kier alpha value is -1.33. The zero-order valence-corrected chi connectivity index (χ0v) is 15.6. The van der Waals surface area contributed by atoms with E-state index >= 15 is 0 Å². The molecule has 0 radical (unpaired) electrons. The third-order valence-electron chi connectivity index (χ3n) is 3.71. The Morgan fingerprint density at radius 1 is 0.864 bits per heavy atom. The Balaban J connectivity index is 0.00000176. The smallest absolute Gasteiger partial charge is 0.106 e. The molecule has 0 bridgehead atoms. The van der Waals surface area contributed by atoms with Gasteiger partial charge < -0.3 is 33.0 Å². The molecule has 3 rings (SSSR count). The molecule has 0 atom stereocenters. The summed E-state index contributed by atoms with van der Waals surface area (Å²) in [6.45, 7) is 1.97. The topological polar surface area (TPSA) is 4.93 Å². The molecule has 22 heavy (non-hydrogen) atoms. The normalized spacial score (nSPS) is 11.4. The molecule has 2 nitrogen and oxygen atoms in total. The number of hydrogen-bond donors (Lipinski definition) is 0. The Labute approximate surface area is 150 Å². The second-order valence-electron chi connectivity index (χ2n) is 6.73. The average Bonchev–Trinajstić information content (AvgIpc) is 2.77. The lowest BCUT2D eigenvalue weighted by Crippen LogP contribution is -3.00. The predicted molar refractivity (Wildman–Crippen MR) is 89.2 cm³/mol. The summed E-state index contributed by atoms with van der Waals surface area (Å²) in [6, 6.07) is 19.4. The zero-order valence-electron chi connectivity index (χ0n) is 13.5. The summed E-state index contributed by atoms with van der Waals surface area (Å²) >= 11 is 0. The number of aromatic nitrogens is 1. The maximum atomic E-state index is 2.37. The highest BCUT2D eigenvalue weighted by Crippen LogP contribution is 2.24. The molecule has 0 saturated heterocycles. The minimum absolute atomic E-state index is 0. The predicted octanol–water partition coefficient (Wildman–Crippen LogP) is 0.900. The van der Waals surface area contributed by atoms with Crippen LogP contribution in [-0.4, -0.2) is 30.2 Å². The summed E-state index contributed by atoms with van der Waals surface area (Å²) in [4.78, 5) is 0. The number of quaternary nitrogens is 1. The molecule has 0 fully saturated rings. The lowest BCUT2D eigenvalue weighted by molar-refractivity contribution is -0.883. The van der Waals surface area contributed by atoms with Gasteiger partial charge in [0.15, 0.2) is 0 Å². The van der Waals surface area contributed by atoms with E-state index in [4.69, 9.17) is 0 Å². The van der Waals surface area contributed by atoms with Crippen molar-refractivity contribution in [3.63, 3.8) is 0 Å². The minimum Gasteiger partial charge on any atom is -1.00 e. The van der Waals surface area contributed by atoms with E-state index in [1.165, 1.54) is 22.0 Å². The molecule has 0 aliphatic rings. The summed E-state index contributed by atoms with van der Waals surface area (Å²) < 4.78 is 3.31. The van der Waals surface area contributed by atoms with Gasteiger partial charge in [0.2, 0.25) is 0 Å². The van der Waals surface area contributed by atoms with Crippen molar-refractivity contribution in [2.24, 2.45) is 0 Å². The van der Waals surface area contributed by atoms with Gasteiger partial charge in [0.25, 0.3) is 0 Å². The number of rotatable bonds is 4. The van der Waals surface area contributed by atoms with Crippen LogP contribution < -0.4 is 24.0 Å². The van der Waals surface area contributed by atoms with Crippen LogP contribution >= 0.6 is 0 Å². The van der Waals surface area contributed by atoms with E-state index in [1.54, 1.807) is 0 Å². The fourth-order valence-electron chi connectivity index (χ4n) is 2.87. The molecule has 3 heteroatoms. The molecular weight excluding hydrogens is 383 g/mol. The van der Waals surface area contributed by atoms with Gasteiger partial charge in [-0.25, -0.2) is 0 Å². The standard InChI is InChI=1S/C19H23N2.HI/c1-21(2,3)15-17-14-20(13-16-9-5-4-6-10-16)19-12-8-7-11-18(17)19;/h4-12,14H,13,15H2,1-3H3;1H/q+1;/p-1. The number of benzene rings is 2. The average molecular weight is 406 g/mol. The van der Waals surface area contributed by atoms with E-state index in [0.29, 0.717) is 0 Å². The first-order valence-corrected chi connectivity index (χ1v) is 7.44. The molecule has 0 aliphatic carbocycles. The first-order valence-electron chi connectivity index (χ1n) is 7.44. The fourth-order valence-corrected chi connectivity index (χ4v) is 2.87. The van der Waals surface area contributed by atoms with Gasteiger partial charge in [0.1, 0.15) is 6.54 Å². The molecule has 3 aromatic rings. The number of halogens is 1. The van der Waals surface area contributed by atoms with Gasteiger partial charge >= 0.3 is 0 Å². The monoisotopic (exact) mass is 406 g/mol. The largest absolute Gasteiger partial charge is 1.00 e. The number of para-hydroxylation sites is 1. The summed E-state index contributed by atoms with van der Waals surface area (Å²) in [7, 11) is 6.72. The van der Waals surface area contributed by atoms with Crippen LogP contribution in [0.1, 0.15) is 11.1 Å². The van der Waals surface area contributed by atoms with Crippen molar-refractivity contribution >= 4 is 10.9 Å². The molecule has 0 aliphatic heterocycles. The van der Waals surface area contributed by atoms with Gasteiger partial charge in [-0.1, -0.05) is 48.5 Å². The van der Waals surface area contributed by atoms with E-state index in [9.17, 15) is 0 Å². The minimum atomic E-state index is 0. The van der Waals surface area contributed by atoms with Crippen LogP contribution in [0, 0.1) is 0 Å². The van der Waals surface area contributed by atoms with Crippen LogP contribution in [0.2, 0.25) is 0 Å². The molecule has 0 unspecified atom stereocenters. The van der Waals surface area contributed by atoms with Crippen molar-refractivity contribution in [1.29, 1.82) is 0 Å². The highest BCUT2D eigenvalue weighted by atomic mass is 127. The Morgan fingerprint density at radius 2 is 1.50 bits per heavy atom. The van der Waals surface area contributed by atoms with Crippen LogP contribution in [0.25, 0.3) is 10.9 Å². The first kappa shape index (κ1) is 17.0. The van der Waals surface area contributed by atoms with Crippen molar-refractivity contribution in [3.8, 4) is 0 Å². The van der Waals surface area contributed by atoms with Crippen LogP contribution in [0.5, 0.6) is 0 Å². The van der Waals surface area contributed by atoms with Crippen LogP contribution in [0.3, 0.4) is 0 Å². The van der Waals surface area contributed by atoms with E-state index in [2.05, 4.69) is 86.5 Å². The van der Waals surface area contributed by atoms with E-state index in [-0.39, 0.29) is 24.0 Å². The Bertz CT molecular complexity index is 739. The Kier molecular flexibility index (Phi) is 5.29. The molecule has 0 amide bonds. The SMILES string of the molecule is C[N+](C)(C)Cc1cn(Cc2ccccc2)c2ccccc12.[I-]. The van der Waals surface area contributed by atoms with Crippen molar-refractivity contribution < 1.29 is 28.5 Å². The summed E-state index contributed by atoms with van der Waals surface area (Å²) in [6.07, 6.45) is 2.32. The van der Waals surface area contributed by atoms with Crippen LogP contribution in [-0.2, 0) is 13.1 Å². The molecule has 0 N–H and O–H groups in total. The molecular formula is C19H23IN2. The fraction of sp³-hybridized carbons (Fsp3) is 0.263. The van der Waals surface area contributed by atoms with Gasteiger partial charge in [0.05, 0.1) is 21.1 Å². The van der Waals surface area contributed by atoms with Crippen molar-refractivity contribution in [1.82, 2.24) is 4.57 Å². The van der Waals surface area contributed by atoms with Crippen molar-refractivity contribution in [2.75, 3.05) is 21.1 Å². The lowest BCUT2D eigenvalue weighted by Gasteiger charge is -2.23. The molecule has 0 spiro atoms. The van der Waals surface area contributed by atoms with Crippen molar-refractivity contribution in [2.45, 2.75) is 13.1 Å². The Morgan fingerprint density at radius 3 is 2.18 bits per heavy atom. The third-order valence-corrected chi connectivity index (χ3v) is 3.71. The summed E-state index contributed by atoms with van der Waals surface area (Å²) in [5, 5.41) is 1.38. The summed E-state index contributed by atoms with van der Waals surface area (Å²) in [5.74, 6) is 0. The van der Waals surface area contributed by atoms with E-state index < -0.39 is 0 Å². The maximum Gasteiger partial charge on any atom is 0.106 e. The summed E-state index contributed by atoms with van der Waals surface area (Å²) in [5.41, 5.74) is 4.09.